The van der Waals surface area contributed by atoms with Crippen LogP contribution in [0.1, 0.15) is 90.9 Å². The maximum Gasteiger partial charge on any atom is 0.0550 e. The van der Waals surface area contributed by atoms with Crippen molar-refractivity contribution in [1.82, 2.24) is 0 Å². The Morgan fingerprint density at radius 2 is 1.12 bits per heavy atom. The van der Waals surface area contributed by atoms with Crippen molar-refractivity contribution in [3.8, 4) is 0 Å². The van der Waals surface area contributed by atoms with Gasteiger partial charge in [0, 0.05) is 18.6 Å². The molecule has 0 aromatic rings. The molecule has 2 nitrogen and oxygen atoms in total. The monoisotopic (exact) mass is 350 g/mol. The summed E-state index contributed by atoms with van der Waals surface area (Å²) in [6.07, 6.45) is 16.5. The summed E-state index contributed by atoms with van der Waals surface area (Å²) < 4.78 is 12.7. The molecule has 3 saturated carbocycles. The van der Waals surface area contributed by atoms with Crippen LogP contribution in [0.2, 0.25) is 0 Å². The van der Waals surface area contributed by atoms with Crippen LogP contribution in [-0.4, -0.2) is 26.4 Å². The molecule has 0 saturated heterocycles. The summed E-state index contributed by atoms with van der Waals surface area (Å²) >= 11 is 0. The molecule has 0 amide bonds. The van der Waals surface area contributed by atoms with Gasteiger partial charge < -0.3 is 9.47 Å². The first-order chi connectivity index (χ1) is 12.3. The van der Waals surface area contributed by atoms with Crippen molar-refractivity contribution in [2.24, 2.45) is 29.1 Å². The van der Waals surface area contributed by atoms with E-state index in [0.29, 0.717) is 5.41 Å². The first-order valence-electron chi connectivity index (χ1n) is 11.5. The number of fused-ring (bicyclic) bond motifs is 3. The molecule has 2 heteroatoms. The molecule has 0 radical (unpaired) electrons. The number of unbranched alkanes of at least 4 members (excludes halogenated alkanes) is 2. The van der Waals surface area contributed by atoms with E-state index in [1.807, 2.05) is 0 Å². The predicted octanol–water partition coefficient (Wildman–Crippen LogP) is 6.23. The van der Waals surface area contributed by atoms with Crippen molar-refractivity contribution in [2.45, 2.75) is 90.9 Å². The lowest BCUT2D eigenvalue weighted by Gasteiger charge is -2.43. The normalized spacial score (nSPS) is 33.8. The third-order valence-electron chi connectivity index (χ3n) is 7.69. The highest BCUT2D eigenvalue weighted by Gasteiger charge is 2.60. The van der Waals surface area contributed by atoms with Crippen LogP contribution in [0.25, 0.3) is 0 Å². The number of hydrogen-bond donors (Lipinski definition) is 0. The molecule has 0 aromatic carbocycles. The van der Waals surface area contributed by atoms with E-state index in [1.54, 1.807) is 0 Å². The highest BCUT2D eigenvalue weighted by Crippen LogP contribution is 2.63. The van der Waals surface area contributed by atoms with Crippen LogP contribution >= 0.6 is 0 Å². The maximum atomic E-state index is 6.34. The third-order valence-corrected chi connectivity index (χ3v) is 7.69. The van der Waals surface area contributed by atoms with E-state index >= 15 is 0 Å². The lowest BCUT2D eigenvalue weighted by Crippen LogP contribution is -2.44. The van der Waals surface area contributed by atoms with Gasteiger partial charge in [-0.2, -0.15) is 0 Å². The van der Waals surface area contributed by atoms with Gasteiger partial charge in [0.05, 0.1) is 13.2 Å². The van der Waals surface area contributed by atoms with Crippen LogP contribution in [0, 0.1) is 29.1 Å². The van der Waals surface area contributed by atoms with E-state index in [2.05, 4.69) is 13.8 Å². The Kier molecular flexibility index (Phi) is 7.66. The van der Waals surface area contributed by atoms with Crippen LogP contribution in [-0.2, 0) is 9.47 Å². The Balaban J connectivity index is 1.75. The van der Waals surface area contributed by atoms with Gasteiger partial charge in [-0.15, -0.1) is 0 Å². The Hall–Kier alpha value is -0.0800. The second-order valence-electron chi connectivity index (χ2n) is 9.16. The van der Waals surface area contributed by atoms with Crippen molar-refractivity contribution in [3.63, 3.8) is 0 Å². The van der Waals surface area contributed by atoms with E-state index < -0.39 is 0 Å². The molecule has 25 heavy (non-hydrogen) atoms. The first kappa shape index (κ1) is 19.7. The molecule has 0 heterocycles. The SMILES string of the molecule is CCCCOCC1(COCCCC)C2CCCCC2C2CCCCC21. The summed E-state index contributed by atoms with van der Waals surface area (Å²) in [6.45, 7) is 8.36. The van der Waals surface area contributed by atoms with Crippen LogP contribution < -0.4 is 0 Å². The van der Waals surface area contributed by atoms with E-state index in [4.69, 9.17) is 9.47 Å². The van der Waals surface area contributed by atoms with Crippen LogP contribution in [0.15, 0.2) is 0 Å². The quantitative estimate of drug-likeness (QED) is 0.435. The fourth-order valence-electron chi connectivity index (χ4n) is 6.53. The average Bonchev–Trinajstić information content (AvgIpc) is 2.94. The number of ether oxygens (including phenoxy) is 2. The molecule has 0 spiro atoms. The number of rotatable bonds is 10. The summed E-state index contributed by atoms with van der Waals surface area (Å²) in [6, 6.07) is 0. The van der Waals surface area contributed by atoms with Gasteiger partial charge in [-0.1, -0.05) is 52.4 Å². The van der Waals surface area contributed by atoms with E-state index in [1.165, 1.54) is 77.0 Å². The Labute approximate surface area is 156 Å². The van der Waals surface area contributed by atoms with E-state index in [0.717, 1.165) is 50.1 Å². The van der Waals surface area contributed by atoms with Gasteiger partial charge in [0.25, 0.3) is 0 Å². The lowest BCUT2D eigenvalue weighted by molar-refractivity contribution is -0.0831. The summed E-state index contributed by atoms with van der Waals surface area (Å²) in [5.41, 5.74) is 0.331. The number of hydrogen-bond acceptors (Lipinski definition) is 2. The van der Waals surface area contributed by atoms with Gasteiger partial charge >= 0.3 is 0 Å². The molecule has 146 valence electrons. The predicted molar refractivity (Wildman–Crippen MR) is 105 cm³/mol. The minimum Gasteiger partial charge on any atom is -0.381 e. The summed E-state index contributed by atoms with van der Waals surface area (Å²) in [5.74, 6) is 3.70. The van der Waals surface area contributed by atoms with Crippen LogP contribution in [0.5, 0.6) is 0 Å². The van der Waals surface area contributed by atoms with Gasteiger partial charge in [0.2, 0.25) is 0 Å². The van der Waals surface area contributed by atoms with Crippen molar-refractivity contribution in [2.75, 3.05) is 26.4 Å². The van der Waals surface area contributed by atoms with Crippen molar-refractivity contribution < 1.29 is 9.47 Å². The van der Waals surface area contributed by atoms with Crippen molar-refractivity contribution >= 4 is 0 Å². The molecule has 0 bridgehead atoms. The Morgan fingerprint density at radius 1 is 0.680 bits per heavy atom. The Morgan fingerprint density at radius 3 is 1.56 bits per heavy atom. The smallest absolute Gasteiger partial charge is 0.0550 e. The first-order valence-corrected chi connectivity index (χ1v) is 11.5. The van der Waals surface area contributed by atoms with E-state index in [-0.39, 0.29) is 0 Å². The fourth-order valence-corrected chi connectivity index (χ4v) is 6.53. The largest absolute Gasteiger partial charge is 0.381 e. The molecule has 3 rings (SSSR count). The standard InChI is InChI=1S/C23H42O2/c1-3-5-15-24-17-23(18-25-16-6-4-2)21-13-9-7-11-19(21)20-12-8-10-14-22(20)23/h19-22H,3-18H2,1-2H3. The zero-order valence-corrected chi connectivity index (χ0v) is 16.9. The van der Waals surface area contributed by atoms with Gasteiger partial charge in [0.15, 0.2) is 0 Å². The molecule has 0 aliphatic heterocycles. The zero-order valence-electron chi connectivity index (χ0n) is 16.9. The molecular formula is C23H42O2. The molecule has 3 aliphatic rings. The highest BCUT2D eigenvalue weighted by molar-refractivity contribution is 5.08. The van der Waals surface area contributed by atoms with Gasteiger partial charge in [-0.05, 0) is 62.2 Å². The Bertz CT molecular complexity index is 344. The van der Waals surface area contributed by atoms with Crippen LogP contribution in [0.4, 0.5) is 0 Å². The van der Waals surface area contributed by atoms with Gasteiger partial charge in [-0.3, -0.25) is 0 Å². The molecular weight excluding hydrogens is 308 g/mol. The zero-order chi connectivity index (χ0) is 17.5. The molecule has 0 aromatic heterocycles. The molecule has 3 fully saturated rings. The second-order valence-corrected chi connectivity index (χ2v) is 9.16. The minimum absolute atomic E-state index is 0.331. The molecule has 0 N–H and O–H groups in total. The van der Waals surface area contributed by atoms with Crippen LogP contribution in [0.3, 0.4) is 0 Å². The average molecular weight is 351 g/mol. The fraction of sp³-hybridized carbons (Fsp3) is 1.00. The topological polar surface area (TPSA) is 18.5 Å². The lowest BCUT2D eigenvalue weighted by atomic mass is 9.66. The molecule has 3 aliphatic carbocycles. The van der Waals surface area contributed by atoms with Gasteiger partial charge in [0.1, 0.15) is 0 Å². The third kappa shape index (κ3) is 4.26. The van der Waals surface area contributed by atoms with Crippen molar-refractivity contribution in [1.29, 1.82) is 0 Å². The summed E-state index contributed by atoms with van der Waals surface area (Å²) in [4.78, 5) is 0. The molecule has 4 atom stereocenters. The highest BCUT2D eigenvalue weighted by atomic mass is 16.5. The summed E-state index contributed by atoms with van der Waals surface area (Å²) in [5, 5.41) is 0. The summed E-state index contributed by atoms with van der Waals surface area (Å²) in [7, 11) is 0. The van der Waals surface area contributed by atoms with Gasteiger partial charge in [-0.25, -0.2) is 0 Å². The van der Waals surface area contributed by atoms with E-state index in [9.17, 15) is 0 Å². The molecule has 4 unspecified atom stereocenters. The van der Waals surface area contributed by atoms with Crippen molar-refractivity contribution in [3.05, 3.63) is 0 Å². The maximum absolute atomic E-state index is 6.34. The minimum atomic E-state index is 0.331. The second kappa shape index (κ2) is 9.74.